The van der Waals surface area contributed by atoms with Crippen molar-refractivity contribution in [3.05, 3.63) is 65.0 Å². The Kier molecular flexibility index (Phi) is 4.02. The van der Waals surface area contributed by atoms with Crippen LogP contribution in [0.4, 0.5) is 22.7 Å². The molecule has 0 atom stereocenters. The average Bonchev–Trinajstić information content (AvgIpc) is 2.95. The van der Waals surface area contributed by atoms with Crippen molar-refractivity contribution in [3.63, 3.8) is 0 Å². The second-order valence-electron chi connectivity index (χ2n) is 6.40. The average molecular weight is 342 g/mol. The van der Waals surface area contributed by atoms with Crippen LogP contribution in [-0.2, 0) is 4.79 Å². The van der Waals surface area contributed by atoms with Crippen LogP contribution in [0.5, 0.6) is 0 Å². The maximum absolute atomic E-state index is 10.9. The van der Waals surface area contributed by atoms with Gasteiger partial charge in [0.15, 0.2) is 5.69 Å². The van der Waals surface area contributed by atoms with E-state index in [1.807, 2.05) is 49.4 Å². The highest BCUT2D eigenvalue weighted by atomic mass is 16.1. The number of aliphatic imine (C=N–C) groups is 1. The zero-order valence-electron chi connectivity index (χ0n) is 14.5. The van der Waals surface area contributed by atoms with Crippen molar-refractivity contribution in [3.8, 4) is 0 Å². The van der Waals surface area contributed by atoms with E-state index in [9.17, 15) is 4.79 Å². The lowest BCUT2D eigenvalue weighted by atomic mass is 9.96. The molecular formula is C21H18N4O. The molecule has 5 nitrogen and oxygen atoms in total. The first kappa shape index (κ1) is 16.1. The number of anilines is 3. The summed E-state index contributed by atoms with van der Waals surface area (Å²) in [5.74, 6) is 0. The summed E-state index contributed by atoms with van der Waals surface area (Å²) in [5.41, 5.74) is 8.26. The Morgan fingerprint density at radius 2 is 2.04 bits per heavy atom. The van der Waals surface area contributed by atoms with Crippen LogP contribution in [0.2, 0.25) is 0 Å². The first-order chi connectivity index (χ1) is 12.7. The number of nitrogens with one attached hydrogen (secondary N) is 1. The van der Waals surface area contributed by atoms with Crippen LogP contribution in [0.25, 0.3) is 10.4 Å². The number of hydrogen-bond acceptors (Lipinski definition) is 3. The topological polar surface area (TPSA) is 49.1 Å². The summed E-state index contributed by atoms with van der Waals surface area (Å²) in [4.78, 5) is 21.2. The molecule has 0 aromatic heterocycles. The number of fused-ring (bicyclic) bond motifs is 2. The number of benzene rings is 2. The van der Waals surface area contributed by atoms with Gasteiger partial charge in [-0.2, -0.15) is 0 Å². The molecule has 0 radical (unpaired) electrons. The molecule has 0 bridgehead atoms. The van der Waals surface area contributed by atoms with E-state index >= 15 is 0 Å². The third-order valence-corrected chi connectivity index (χ3v) is 4.93. The van der Waals surface area contributed by atoms with Gasteiger partial charge in [0.05, 0.1) is 13.1 Å². The van der Waals surface area contributed by atoms with Gasteiger partial charge in [0.2, 0.25) is 6.41 Å². The molecule has 1 N–H and O–H groups in total. The van der Waals surface area contributed by atoms with Crippen LogP contribution in [0, 0.1) is 6.57 Å². The third-order valence-electron chi connectivity index (χ3n) is 4.93. The minimum absolute atomic E-state index is 0.637. The highest BCUT2D eigenvalue weighted by Crippen LogP contribution is 2.41. The van der Waals surface area contributed by atoms with Crippen LogP contribution >= 0.6 is 0 Å². The summed E-state index contributed by atoms with van der Waals surface area (Å²) in [6.45, 7) is 10.8. The summed E-state index contributed by atoms with van der Waals surface area (Å²) < 4.78 is 0. The molecule has 0 saturated heterocycles. The molecule has 0 fully saturated rings. The number of hydrogen-bond donors (Lipinski definition) is 1. The van der Waals surface area contributed by atoms with Crippen LogP contribution in [-0.4, -0.2) is 25.2 Å². The van der Waals surface area contributed by atoms with Gasteiger partial charge in [-0.25, -0.2) is 4.85 Å². The van der Waals surface area contributed by atoms with Gasteiger partial charge >= 0.3 is 0 Å². The van der Waals surface area contributed by atoms with E-state index in [1.54, 1.807) is 0 Å². The molecule has 2 heterocycles. The number of nitrogens with zero attached hydrogens (tertiary/aromatic N) is 3. The molecule has 0 spiro atoms. The van der Waals surface area contributed by atoms with Gasteiger partial charge in [0.25, 0.3) is 0 Å². The van der Waals surface area contributed by atoms with Crippen LogP contribution in [0.3, 0.4) is 0 Å². The van der Waals surface area contributed by atoms with Crippen molar-refractivity contribution < 1.29 is 4.79 Å². The normalized spacial score (nSPS) is 15.5. The van der Waals surface area contributed by atoms with E-state index in [0.717, 1.165) is 47.8 Å². The highest BCUT2D eigenvalue weighted by molar-refractivity contribution is 6.27. The molecule has 2 aliphatic heterocycles. The summed E-state index contributed by atoms with van der Waals surface area (Å²) >= 11 is 0. The van der Waals surface area contributed by atoms with Gasteiger partial charge in [-0.3, -0.25) is 9.79 Å². The smallest absolute Gasteiger partial charge is 0.211 e. The molecule has 4 rings (SSSR count). The molecule has 0 saturated carbocycles. The maximum atomic E-state index is 10.9. The molecule has 0 unspecified atom stereocenters. The lowest BCUT2D eigenvalue weighted by molar-refractivity contribution is -0.105. The Morgan fingerprint density at radius 1 is 1.23 bits per heavy atom. The third kappa shape index (κ3) is 2.66. The van der Waals surface area contributed by atoms with Crippen LogP contribution in [0.15, 0.2) is 53.0 Å². The molecule has 26 heavy (non-hydrogen) atoms. The quantitative estimate of drug-likeness (QED) is 0.656. The molecule has 1 amide bonds. The predicted molar refractivity (Wildman–Crippen MR) is 105 cm³/mol. The van der Waals surface area contributed by atoms with Gasteiger partial charge in [-0.15, -0.1) is 0 Å². The summed E-state index contributed by atoms with van der Waals surface area (Å²) in [6.07, 6.45) is 1.63. The molecule has 128 valence electrons. The summed E-state index contributed by atoms with van der Waals surface area (Å²) in [6, 6.07) is 13.7. The first-order valence-electron chi connectivity index (χ1n) is 8.54. The SMILES string of the molecule is [C-]#[N+]c1ccc(N2CCC3=C(C(C)=NC3)c3cc(NC=O)ccc32)cc1. The lowest BCUT2D eigenvalue weighted by Gasteiger charge is -2.26. The molecule has 5 heteroatoms. The van der Waals surface area contributed by atoms with E-state index in [2.05, 4.69) is 20.1 Å². The van der Waals surface area contributed by atoms with Gasteiger partial charge in [-0.05, 0) is 49.2 Å². The Balaban J connectivity index is 1.85. The Labute approximate surface area is 152 Å². The molecule has 0 aliphatic carbocycles. The van der Waals surface area contributed by atoms with Crippen molar-refractivity contribution >= 4 is 40.4 Å². The van der Waals surface area contributed by atoms with Crippen molar-refractivity contribution in [1.82, 2.24) is 0 Å². The zero-order chi connectivity index (χ0) is 18.1. The largest absolute Gasteiger partial charge is 0.341 e. The second kappa shape index (κ2) is 6.49. The number of carbonyl (C=O) groups is 1. The van der Waals surface area contributed by atoms with Gasteiger partial charge in [0, 0.05) is 40.5 Å². The fraction of sp³-hybridized carbons (Fsp3) is 0.190. The van der Waals surface area contributed by atoms with Gasteiger partial charge in [0.1, 0.15) is 0 Å². The Bertz CT molecular complexity index is 980. The molecule has 2 aliphatic rings. The minimum atomic E-state index is 0.637. The van der Waals surface area contributed by atoms with E-state index in [1.165, 1.54) is 11.1 Å². The predicted octanol–water partition coefficient (Wildman–Crippen LogP) is 4.58. The van der Waals surface area contributed by atoms with Gasteiger partial charge < -0.3 is 10.2 Å². The van der Waals surface area contributed by atoms with Crippen LogP contribution < -0.4 is 10.2 Å². The van der Waals surface area contributed by atoms with Crippen LogP contribution in [0.1, 0.15) is 18.9 Å². The van der Waals surface area contributed by atoms with E-state index in [-0.39, 0.29) is 0 Å². The number of amides is 1. The monoisotopic (exact) mass is 342 g/mol. The Morgan fingerprint density at radius 3 is 2.77 bits per heavy atom. The van der Waals surface area contributed by atoms with E-state index in [4.69, 9.17) is 6.57 Å². The highest BCUT2D eigenvalue weighted by Gasteiger charge is 2.27. The van der Waals surface area contributed by atoms with Crippen molar-refractivity contribution in [2.24, 2.45) is 4.99 Å². The number of rotatable bonds is 3. The van der Waals surface area contributed by atoms with Crippen molar-refractivity contribution in [2.75, 3.05) is 23.3 Å². The van der Waals surface area contributed by atoms with E-state index < -0.39 is 0 Å². The molecular weight excluding hydrogens is 324 g/mol. The fourth-order valence-electron chi connectivity index (χ4n) is 3.69. The van der Waals surface area contributed by atoms with Gasteiger partial charge in [-0.1, -0.05) is 12.1 Å². The minimum Gasteiger partial charge on any atom is -0.341 e. The second-order valence-corrected chi connectivity index (χ2v) is 6.40. The van der Waals surface area contributed by atoms with E-state index in [0.29, 0.717) is 12.1 Å². The number of allylic oxidation sites excluding steroid dienone is 1. The number of carbonyl (C=O) groups excluding carboxylic acids is 1. The molecule has 2 aromatic rings. The lowest BCUT2D eigenvalue weighted by Crippen LogP contribution is -2.19. The Hall–Kier alpha value is -3.39. The van der Waals surface area contributed by atoms with Crippen molar-refractivity contribution in [2.45, 2.75) is 13.3 Å². The fourth-order valence-corrected chi connectivity index (χ4v) is 3.69. The zero-order valence-corrected chi connectivity index (χ0v) is 14.5. The molecule has 2 aromatic carbocycles. The first-order valence-corrected chi connectivity index (χ1v) is 8.54. The standard InChI is InChI=1S/C21H18N4O/c1-14-21-15(12-23-14)9-10-25(18-6-3-16(22-2)4-7-18)20-8-5-17(24-13-26)11-19(20)21/h3-8,11,13H,9-10,12H2,1H3,(H,24,26). The maximum Gasteiger partial charge on any atom is 0.211 e. The van der Waals surface area contributed by atoms with Crippen molar-refractivity contribution in [1.29, 1.82) is 0 Å². The summed E-state index contributed by atoms with van der Waals surface area (Å²) in [5, 5.41) is 2.75. The summed E-state index contributed by atoms with van der Waals surface area (Å²) in [7, 11) is 0.